The molecule has 60 heavy (non-hydrogen) atoms. The highest BCUT2D eigenvalue weighted by atomic mass is 32.2. The molecule has 2 aromatic rings. The molecular weight excluding hydrogens is 885 g/mol. The smallest absolute Gasteiger partial charge is 0.392 e. The molecule has 11 N–H and O–H groups in total. The number of hydrogen-bond donors (Lipinski definition) is 10. The van der Waals surface area contributed by atoms with E-state index in [1.807, 2.05) is 7.05 Å². The minimum atomic E-state index is -5.58. The summed E-state index contributed by atoms with van der Waals surface area (Å²) in [6, 6.07) is 0.272. The first-order chi connectivity index (χ1) is 27.9. The summed E-state index contributed by atoms with van der Waals surface area (Å²) < 4.78 is 62.3. The second-order valence-corrected chi connectivity index (χ2v) is 20.4. The van der Waals surface area contributed by atoms with Gasteiger partial charge >= 0.3 is 23.5 Å². The van der Waals surface area contributed by atoms with Gasteiger partial charge in [-0.25, -0.2) is 28.6 Å². The van der Waals surface area contributed by atoms with E-state index in [0.29, 0.717) is 6.42 Å². The van der Waals surface area contributed by atoms with E-state index >= 15 is 0 Å². The second kappa shape index (κ2) is 19.5. The lowest BCUT2D eigenvalue weighted by Crippen LogP contribution is -2.51. The summed E-state index contributed by atoms with van der Waals surface area (Å²) in [6.07, 6.45) is -5.36. The van der Waals surface area contributed by atoms with E-state index in [1.54, 1.807) is 0 Å². The second-order valence-electron chi connectivity index (χ2n) is 15.0. The van der Waals surface area contributed by atoms with E-state index in [2.05, 4.69) is 39.3 Å². The van der Waals surface area contributed by atoms with Crippen LogP contribution in [0, 0.1) is 11.3 Å². The van der Waals surface area contributed by atoms with Crippen molar-refractivity contribution in [2.75, 3.05) is 44.8 Å². The fraction of sp³-hybridized carbons (Fsp3) is 0.733. The standard InChI is InChI=1S/C30H49N8O18P3S/c1-30(2,24(42)27(43)33-7-6-19(40)32-8-9-60-29(44)20-16-5-4-15(37(16)3)10-17(20)39)12-53-59(50,51)56-58(48,49)52-11-18-23(55-57(45,46)47)22(41)28(54-18)38-14-36-21-25(31)34-13-35-26(21)38/h13-18,20,22-24,28,39,41-42H,4-12H2,1-3H3,(H,32,40)(H,33,43)(H,48,49)(H,50,51)(H2,31,34,35)(H2,45,46,47). The van der Waals surface area contributed by atoms with Crippen molar-refractivity contribution in [1.29, 1.82) is 0 Å². The van der Waals surface area contributed by atoms with Gasteiger partial charge in [0.15, 0.2) is 22.8 Å². The third-order valence-corrected chi connectivity index (χ3v) is 14.3. The van der Waals surface area contributed by atoms with Gasteiger partial charge in [0, 0.05) is 42.8 Å². The third-order valence-electron chi connectivity index (χ3n) is 10.3. The first kappa shape index (κ1) is 48.5. The van der Waals surface area contributed by atoms with Crippen molar-refractivity contribution in [3.8, 4) is 0 Å². The van der Waals surface area contributed by atoms with Gasteiger partial charge in [-0.15, -0.1) is 0 Å². The van der Waals surface area contributed by atoms with Gasteiger partial charge in [0.1, 0.15) is 36.3 Å². The van der Waals surface area contributed by atoms with Gasteiger partial charge in [-0.3, -0.25) is 37.4 Å². The minimum absolute atomic E-state index is 0.00772. The third kappa shape index (κ3) is 12.1. The van der Waals surface area contributed by atoms with Crippen LogP contribution in [-0.4, -0.2) is 158 Å². The number of nitrogens with zero attached hydrogens (tertiary/aromatic N) is 5. The lowest BCUT2D eigenvalue weighted by atomic mass is 9.87. The molecular formula is C30H49N8O18P3S. The predicted molar refractivity (Wildman–Crippen MR) is 206 cm³/mol. The Balaban J connectivity index is 1.04. The number of amides is 2. The Morgan fingerprint density at radius 3 is 2.45 bits per heavy atom. The Hall–Kier alpha value is -2.52. The van der Waals surface area contributed by atoms with E-state index in [9.17, 15) is 63.0 Å². The number of hydrogen-bond acceptors (Lipinski definition) is 20. The summed E-state index contributed by atoms with van der Waals surface area (Å²) >= 11 is 1.03. The number of phosphoric ester groups is 3. The maximum absolute atomic E-state index is 12.8. The lowest BCUT2D eigenvalue weighted by Gasteiger charge is -2.39. The Morgan fingerprint density at radius 2 is 1.75 bits per heavy atom. The van der Waals surface area contributed by atoms with Gasteiger partial charge in [-0.2, -0.15) is 4.31 Å². The summed E-state index contributed by atoms with van der Waals surface area (Å²) in [4.78, 5) is 91.0. The SMILES string of the molecule is CN1C2CCC1C(C(=O)SCCNC(=O)CCNC(=O)C(O)C(C)(C)COP(=O)(O)OP(=O)(O)OCC1OC(n3cnc4c(N)ncnc43)C(O)C1OP(=O)(O)O)C(O)C2. The van der Waals surface area contributed by atoms with Crippen LogP contribution in [0.4, 0.5) is 5.82 Å². The molecule has 5 heterocycles. The van der Waals surface area contributed by atoms with Crippen LogP contribution >= 0.6 is 35.2 Å². The number of nitrogens with one attached hydrogen (secondary N) is 2. The number of aliphatic hydroxyl groups is 3. The molecule has 0 spiro atoms. The number of thioether (sulfide) groups is 1. The van der Waals surface area contributed by atoms with Crippen molar-refractivity contribution in [3.05, 3.63) is 12.7 Å². The number of carbonyl (C=O) groups is 3. The molecule has 3 aliphatic heterocycles. The molecule has 3 aliphatic rings. The maximum atomic E-state index is 12.8. The fourth-order valence-electron chi connectivity index (χ4n) is 7.13. The number of carbonyl (C=O) groups excluding carboxylic acids is 3. The number of phosphoric acid groups is 3. The molecule has 2 amide bonds. The highest BCUT2D eigenvalue weighted by Gasteiger charge is 2.51. The van der Waals surface area contributed by atoms with Gasteiger partial charge in [0.05, 0.1) is 31.6 Å². The number of nitrogen functional groups attached to an aromatic ring is 1. The molecule has 0 radical (unpaired) electrons. The van der Waals surface area contributed by atoms with Gasteiger partial charge in [0.25, 0.3) is 0 Å². The molecule has 30 heteroatoms. The average Bonchev–Trinajstić information content (AvgIpc) is 3.78. The molecule has 0 saturated carbocycles. The van der Waals surface area contributed by atoms with Crippen LogP contribution in [-0.2, 0) is 50.7 Å². The first-order valence-corrected chi connectivity index (χ1v) is 23.9. The summed E-state index contributed by atoms with van der Waals surface area (Å²) in [5.74, 6) is -1.72. The van der Waals surface area contributed by atoms with Crippen LogP contribution in [0.1, 0.15) is 45.8 Å². The normalized spacial score (nSPS) is 28.6. The molecule has 0 aliphatic carbocycles. The zero-order chi connectivity index (χ0) is 44.4. The number of aliphatic hydroxyl groups excluding tert-OH is 3. The Bertz CT molecular complexity index is 2030. The number of nitrogens with two attached hydrogens (primary N) is 1. The van der Waals surface area contributed by atoms with Crippen molar-refractivity contribution >= 4 is 69.1 Å². The zero-order valence-electron chi connectivity index (χ0n) is 32.4. The Morgan fingerprint density at radius 1 is 1.05 bits per heavy atom. The highest BCUT2D eigenvalue weighted by Crippen LogP contribution is 2.61. The molecule has 3 saturated heterocycles. The van der Waals surface area contributed by atoms with E-state index in [1.165, 1.54) is 13.8 Å². The molecule has 11 unspecified atom stereocenters. The number of piperidine rings is 1. The molecule has 11 atom stereocenters. The quantitative estimate of drug-likeness (QED) is 0.0534. The maximum Gasteiger partial charge on any atom is 0.481 e. The predicted octanol–water partition coefficient (Wildman–Crippen LogP) is -1.49. The summed E-state index contributed by atoms with van der Waals surface area (Å²) in [5.41, 5.74) is 4.25. The Labute approximate surface area is 346 Å². The topological polar surface area (TPSA) is 387 Å². The monoisotopic (exact) mass is 934 g/mol. The van der Waals surface area contributed by atoms with E-state index in [-0.39, 0.29) is 59.4 Å². The van der Waals surface area contributed by atoms with Crippen LogP contribution in [0.15, 0.2) is 12.7 Å². The number of anilines is 1. The van der Waals surface area contributed by atoms with E-state index in [0.717, 1.165) is 41.8 Å². The van der Waals surface area contributed by atoms with Crippen LogP contribution in [0.3, 0.4) is 0 Å². The molecule has 3 fully saturated rings. The summed E-state index contributed by atoms with van der Waals surface area (Å²) in [6.45, 7) is 0.394. The van der Waals surface area contributed by atoms with Gasteiger partial charge in [-0.05, 0) is 26.3 Å². The first-order valence-electron chi connectivity index (χ1n) is 18.4. The number of rotatable bonds is 20. The van der Waals surface area contributed by atoms with Crippen molar-refractivity contribution < 1.29 is 85.6 Å². The largest absolute Gasteiger partial charge is 0.481 e. The van der Waals surface area contributed by atoms with Crippen molar-refractivity contribution in [3.63, 3.8) is 0 Å². The number of fused-ring (bicyclic) bond motifs is 3. The number of aromatic nitrogens is 4. The number of ether oxygens (including phenoxy) is 1. The van der Waals surface area contributed by atoms with Crippen molar-refractivity contribution in [2.24, 2.45) is 11.3 Å². The van der Waals surface area contributed by atoms with Crippen LogP contribution in [0.2, 0.25) is 0 Å². The molecule has 338 valence electrons. The molecule has 2 aromatic heterocycles. The van der Waals surface area contributed by atoms with E-state index in [4.69, 9.17) is 19.5 Å². The van der Waals surface area contributed by atoms with Crippen LogP contribution < -0.4 is 16.4 Å². The van der Waals surface area contributed by atoms with Gasteiger partial charge in [-0.1, -0.05) is 25.6 Å². The summed E-state index contributed by atoms with van der Waals surface area (Å²) in [7, 11) is -14.5. The van der Waals surface area contributed by atoms with Gasteiger partial charge in [0.2, 0.25) is 11.8 Å². The van der Waals surface area contributed by atoms with Crippen LogP contribution in [0.25, 0.3) is 11.2 Å². The fourth-order valence-corrected chi connectivity index (χ4v) is 10.9. The molecule has 2 bridgehead atoms. The van der Waals surface area contributed by atoms with Gasteiger partial charge < -0.3 is 56.0 Å². The zero-order valence-corrected chi connectivity index (χ0v) is 35.9. The van der Waals surface area contributed by atoms with Crippen LogP contribution in [0.5, 0.6) is 0 Å². The number of imidazole rings is 1. The highest BCUT2D eigenvalue weighted by molar-refractivity contribution is 8.13. The molecule has 26 nitrogen and oxygen atoms in total. The minimum Gasteiger partial charge on any atom is -0.392 e. The van der Waals surface area contributed by atoms with Crippen molar-refractivity contribution in [2.45, 2.75) is 88.4 Å². The molecule has 5 rings (SSSR count). The lowest BCUT2D eigenvalue weighted by molar-refractivity contribution is -0.137. The Kier molecular flexibility index (Phi) is 15.7. The van der Waals surface area contributed by atoms with Crippen molar-refractivity contribution in [1.82, 2.24) is 35.1 Å². The summed E-state index contributed by atoms with van der Waals surface area (Å²) in [5, 5.41) is 36.8. The average molecular weight is 935 g/mol. The molecule has 0 aromatic carbocycles. The van der Waals surface area contributed by atoms with E-state index < -0.39 is 96.6 Å².